The molecular weight excluding hydrogens is 118 g/mol. The Labute approximate surface area is 53.9 Å². The molecule has 9 heavy (non-hydrogen) atoms. The molecular formula is C6H11NO2. The van der Waals surface area contributed by atoms with Gasteiger partial charge in [0.05, 0.1) is 6.10 Å². The second-order valence-corrected chi connectivity index (χ2v) is 2.49. The first kappa shape index (κ1) is 6.71. The number of carbonyl (C=O) groups excluding carboxylic acids is 1. The third-order valence-electron chi connectivity index (χ3n) is 1.73. The Morgan fingerprint density at radius 2 is 2.44 bits per heavy atom. The fourth-order valence-corrected chi connectivity index (χ4v) is 1.17. The first-order chi connectivity index (χ1) is 4.24. The summed E-state index contributed by atoms with van der Waals surface area (Å²) in [6.45, 7) is 0.385. The largest absolute Gasteiger partial charge is 0.393 e. The van der Waals surface area contributed by atoms with E-state index in [2.05, 4.69) is 0 Å². The van der Waals surface area contributed by atoms with Crippen LogP contribution >= 0.6 is 0 Å². The van der Waals surface area contributed by atoms with Crippen LogP contribution in [0, 0.1) is 5.92 Å². The molecule has 3 N–H and O–H groups in total. The average molecular weight is 129 g/mol. The molecule has 1 rings (SSSR count). The maximum atomic E-state index is 10.8. The summed E-state index contributed by atoms with van der Waals surface area (Å²) in [5, 5.41) is 8.92. The summed E-state index contributed by atoms with van der Waals surface area (Å²) in [5.41, 5.74) is 5.25. The van der Waals surface area contributed by atoms with Crippen molar-refractivity contribution in [3.63, 3.8) is 0 Å². The third-order valence-corrected chi connectivity index (χ3v) is 1.73. The fourth-order valence-electron chi connectivity index (χ4n) is 1.17. The van der Waals surface area contributed by atoms with E-state index in [-0.39, 0.29) is 11.7 Å². The van der Waals surface area contributed by atoms with Crippen molar-refractivity contribution < 1.29 is 9.90 Å². The van der Waals surface area contributed by atoms with Crippen molar-refractivity contribution in [1.82, 2.24) is 0 Å². The van der Waals surface area contributed by atoms with Gasteiger partial charge >= 0.3 is 0 Å². The molecule has 1 fully saturated rings. The second-order valence-electron chi connectivity index (χ2n) is 2.49. The predicted octanol–water partition coefficient (Wildman–Crippen LogP) is -0.715. The number of ketones is 1. The highest BCUT2D eigenvalue weighted by Gasteiger charge is 2.29. The van der Waals surface area contributed by atoms with Crippen LogP contribution in [0.4, 0.5) is 0 Å². The van der Waals surface area contributed by atoms with Crippen LogP contribution in [-0.2, 0) is 4.79 Å². The lowest BCUT2D eigenvalue weighted by molar-refractivity contribution is -0.120. The van der Waals surface area contributed by atoms with Gasteiger partial charge in [0.1, 0.15) is 5.78 Å². The molecule has 3 heteroatoms. The summed E-state index contributed by atoms with van der Waals surface area (Å²) in [6, 6.07) is 0. The molecule has 1 saturated carbocycles. The van der Waals surface area contributed by atoms with Gasteiger partial charge in [-0.25, -0.2) is 0 Å². The molecule has 0 aromatic heterocycles. The first-order valence-corrected chi connectivity index (χ1v) is 3.15. The van der Waals surface area contributed by atoms with Crippen LogP contribution in [0.3, 0.4) is 0 Å². The minimum atomic E-state index is -0.425. The molecule has 1 aliphatic carbocycles. The summed E-state index contributed by atoms with van der Waals surface area (Å²) >= 11 is 0. The van der Waals surface area contributed by atoms with E-state index in [1.54, 1.807) is 0 Å². The highest BCUT2D eigenvalue weighted by molar-refractivity contribution is 5.83. The lowest BCUT2D eigenvalue weighted by Gasteiger charge is -2.00. The van der Waals surface area contributed by atoms with Gasteiger partial charge in [-0.15, -0.1) is 0 Å². The number of hydrogen-bond acceptors (Lipinski definition) is 3. The van der Waals surface area contributed by atoms with Crippen molar-refractivity contribution in [2.24, 2.45) is 11.7 Å². The lowest BCUT2D eigenvalue weighted by atomic mass is 10.1. The molecule has 52 valence electrons. The van der Waals surface area contributed by atoms with E-state index in [0.29, 0.717) is 19.4 Å². The minimum absolute atomic E-state index is 0.0694. The van der Waals surface area contributed by atoms with Crippen molar-refractivity contribution in [3.8, 4) is 0 Å². The summed E-state index contributed by atoms with van der Waals surface area (Å²) in [6.07, 6.45) is 0.447. The minimum Gasteiger partial charge on any atom is -0.393 e. The Kier molecular flexibility index (Phi) is 1.83. The van der Waals surface area contributed by atoms with Gasteiger partial charge in [-0.2, -0.15) is 0 Å². The molecule has 0 saturated heterocycles. The Morgan fingerprint density at radius 3 is 2.67 bits per heavy atom. The van der Waals surface area contributed by atoms with E-state index in [1.807, 2.05) is 0 Å². The number of aliphatic hydroxyl groups excluding tert-OH is 1. The van der Waals surface area contributed by atoms with Crippen LogP contribution in [0.25, 0.3) is 0 Å². The van der Waals surface area contributed by atoms with Gasteiger partial charge in [-0.1, -0.05) is 0 Å². The van der Waals surface area contributed by atoms with Gasteiger partial charge in [0, 0.05) is 18.9 Å². The molecule has 1 aliphatic rings. The Morgan fingerprint density at radius 1 is 1.78 bits per heavy atom. The van der Waals surface area contributed by atoms with Crippen molar-refractivity contribution in [2.45, 2.75) is 18.9 Å². The van der Waals surface area contributed by atoms with Crippen LogP contribution in [0.2, 0.25) is 0 Å². The van der Waals surface area contributed by atoms with Gasteiger partial charge in [-0.3, -0.25) is 4.79 Å². The van der Waals surface area contributed by atoms with E-state index < -0.39 is 6.10 Å². The van der Waals surface area contributed by atoms with Crippen LogP contribution in [-0.4, -0.2) is 23.5 Å². The van der Waals surface area contributed by atoms with Gasteiger partial charge in [0.15, 0.2) is 0 Å². The molecule has 0 aliphatic heterocycles. The van der Waals surface area contributed by atoms with E-state index in [0.717, 1.165) is 0 Å². The zero-order chi connectivity index (χ0) is 6.85. The molecule has 0 amide bonds. The van der Waals surface area contributed by atoms with Gasteiger partial charge in [0.2, 0.25) is 0 Å². The predicted molar refractivity (Wildman–Crippen MR) is 32.8 cm³/mol. The smallest absolute Gasteiger partial charge is 0.139 e. The van der Waals surface area contributed by atoms with Crippen LogP contribution < -0.4 is 5.73 Å². The van der Waals surface area contributed by atoms with Crippen molar-refractivity contribution in [2.75, 3.05) is 6.54 Å². The first-order valence-electron chi connectivity index (χ1n) is 3.15. The summed E-state index contributed by atoms with van der Waals surface area (Å²) in [7, 11) is 0. The molecule has 3 nitrogen and oxygen atoms in total. The lowest BCUT2D eigenvalue weighted by Crippen LogP contribution is -2.17. The number of nitrogens with two attached hydrogens (primary N) is 1. The van der Waals surface area contributed by atoms with E-state index >= 15 is 0 Å². The maximum absolute atomic E-state index is 10.8. The zero-order valence-corrected chi connectivity index (χ0v) is 5.21. The standard InChI is InChI=1S/C6H11NO2/c7-3-4-1-5(8)2-6(4)9/h4-5,8H,1-3,7H2. The number of Topliss-reactive ketones (excluding diaryl/α,β-unsaturated/α-hetero) is 1. The van der Waals surface area contributed by atoms with Crippen molar-refractivity contribution in [1.29, 1.82) is 0 Å². The molecule has 2 atom stereocenters. The average Bonchev–Trinajstić information content (AvgIpc) is 2.10. The monoisotopic (exact) mass is 129 g/mol. The topological polar surface area (TPSA) is 63.3 Å². The Balaban J connectivity index is 2.48. The molecule has 0 spiro atoms. The zero-order valence-electron chi connectivity index (χ0n) is 5.21. The fraction of sp³-hybridized carbons (Fsp3) is 0.833. The van der Waals surface area contributed by atoms with Gasteiger partial charge in [-0.05, 0) is 6.42 Å². The normalized spacial score (nSPS) is 35.6. The summed E-state index contributed by atoms with van der Waals surface area (Å²) < 4.78 is 0. The highest BCUT2D eigenvalue weighted by Crippen LogP contribution is 2.20. The number of carbonyl (C=O) groups is 1. The third kappa shape index (κ3) is 1.28. The second kappa shape index (κ2) is 2.45. The Hall–Kier alpha value is -0.410. The highest BCUT2D eigenvalue weighted by atomic mass is 16.3. The van der Waals surface area contributed by atoms with E-state index in [1.165, 1.54) is 0 Å². The van der Waals surface area contributed by atoms with Gasteiger partial charge < -0.3 is 10.8 Å². The molecule has 0 bridgehead atoms. The quantitative estimate of drug-likeness (QED) is 0.491. The molecule has 0 aromatic carbocycles. The van der Waals surface area contributed by atoms with E-state index in [4.69, 9.17) is 10.8 Å². The summed E-state index contributed by atoms with van der Waals surface area (Å²) in [4.78, 5) is 10.8. The number of hydrogen-bond donors (Lipinski definition) is 2. The number of rotatable bonds is 1. The molecule has 0 heterocycles. The van der Waals surface area contributed by atoms with Crippen molar-refractivity contribution >= 4 is 5.78 Å². The van der Waals surface area contributed by atoms with E-state index in [9.17, 15) is 4.79 Å². The molecule has 0 radical (unpaired) electrons. The Bertz CT molecular complexity index is 124. The maximum Gasteiger partial charge on any atom is 0.139 e. The van der Waals surface area contributed by atoms with Crippen LogP contribution in [0.1, 0.15) is 12.8 Å². The SMILES string of the molecule is NCC1CC(O)CC1=O. The van der Waals surface area contributed by atoms with Crippen LogP contribution in [0.15, 0.2) is 0 Å². The number of aliphatic hydroxyl groups is 1. The van der Waals surface area contributed by atoms with Gasteiger partial charge in [0.25, 0.3) is 0 Å². The molecule has 0 aromatic rings. The van der Waals surface area contributed by atoms with Crippen molar-refractivity contribution in [3.05, 3.63) is 0 Å². The summed E-state index contributed by atoms with van der Waals surface area (Å²) in [5.74, 6) is 0.0463. The molecule has 2 unspecified atom stereocenters. The van der Waals surface area contributed by atoms with Crippen LogP contribution in [0.5, 0.6) is 0 Å².